The maximum atomic E-state index is 10.8. The standard InChI is InChI=1S/C10H8N4O2S/c11-10-12-6-8(14(15)16)9(13-10)17-7-4-2-1-3-5-7/h1-6H,(H2,11,12,13). The first-order valence-corrected chi connectivity index (χ1v) is 5.48. The van der Waals surface area contributed by atoms with E-state index in [0.717, 1.165) is 11.1 Å². The maximum Gasteiger partial charge on any atom is 0.320 e. The molecule has 0 aliphatic heterocycles. The summed E-state index contributed by atoms with van der Waals surface area (Å²) in [5.41, 5.74) is 5.28. The number of hydrogen-bond donors (Lipinski definition) is 1. The first-order valence-electron chi connectivity index (χ1n) is 4.66. The van der Waals surface area contributed by atoms with E-state index >= 15 is 0 Å². The molecule has 0 spiro atoms. The van der Waals surface area contributed by atoms with Gasteiger partial charge in [0.25, 0.3) is 0 Å². The fraction of sp³-hybridized carbons (Fsp3) is 0. The number of nitrogen functional groups attached to an aromatic ring is 1. The van der Waals surface area contributed by atoms with Crippen LogP contribution in [-0.4, -0.2) is 14.9 Å². The van der Waals surface area contributed by atoms with Crippen LogP contribution in [0.4, 0.5) is 11.6 Å². The Balaban J connectivity index is 2.37. The van der Waals surface area contributed by atoms with E-state index in [1.807, 2.05) is 30.3 Å². The molecule has 0 saturated heterocycles. The molecule has 7 heteroatoms. The van der Waals surface area contributed by atoms with Gasteiger partial charge in [-0.3, -0.25) is 10.1 Å². The highest BCUT2D eigenvalue weighted by Gasteiger charge is 2.17. The Labute approximate surface area is 101 Å². The Morgan fingerprint density at radius 1 is 1.29 bits per heavy atom. The van der Waals surface area contributed by atoms with Crippen LogP contribution in [0.5, 0.6) is 0 Å². The molecular formula is C10H8N4O2S. The molecule has 0 aliphatic rings. The van der Waals surface area contributed by atoms with E-state index in [4.69, 9.17) is 5.73 Å². The highest BCUT2D eigenvalue weighted by molar-refractivity contribution is 7.99. The van der Waals surface area contributed by atoms with Gasteiger partial charge in [-0.15, -0.1) is 0 Å². The number of hydrogen-bond acceptors (Lipinski definition) is 6. The molecule has 1 heterocycles. The number of nitro groups is 1. The van der Waals surface area contributed by atoms with E-state index in [9.17, 15) is 10.1 Å². The molecule has 0 unspecified atom stereocenters. The molecule has 17 heavy (non-hydrogen) atoms. The topological polar surface area (TPSA) is 94.9 Å². The van der Waals surface area contributed by atoms with Crippen molar-refractivity contribution < 1.29 is 4.92 Å². The predicted octanol–water partition coefficient (Wildman–Crippen LogP) is 2.12. The lowest BCUT2D eigenvalue weighted by atomic mass is 10.4. The van der Waals surface area contributed by atoms with Gasteiger partial charge in [-0.05, 0) is 12.1 Å². The minimum Gasteiger partial charge on any atom is -0.368 e. The molecule has 1 aromatic carbocycles. The van der Waals surface area contributed by atoms with E-state index in [2.05, 4.69) is 9.97 Å². The van der Waals surface area contributed by atoms with Crippen LogP contribution >= 0.6 is 11.8 Å². The van der Waals surface area contributed by atoms with Crippen molar-refractivity contribution in [1.82, 2.24) is 9.97 Å². The smallest absolute Gasteiger partial charge is 0.320 e. The third-order valence-corrected chi connectivity index (χ3v) is 2.91. The minimum atomic E-state index is -0.523. The van der Waals surface area contributed by atoms with Crippen LogP contribution < -0.4 is 5.73 Å². The summed E-state index contributed by atoms with van der Waals surface area (Å²) < 4.78 is 0. The van der Waals surface area contributed by atoms with Crippen molar-refractivity contribution in [2.45, 2.75) is 9.92 Å². The first-order chi connectivity index (χ1) is 8.16. The normalized spacial score (nSPS) is 10.1. The molecule has 2 aromatic rings. The summed E-state index contributed by atoms with van der Waals surface area (Å²) in [4.78, 5) is 18.6. The summed E-state index contributed by atoms with van der Waals surface area (Å²) in [5, 5.41) is 11.0. The Hall–Kier alpha value is -2.15. The molecule has 2 N–H and O–H groups in total. The van der Waals surface area contributed by atoms with E-state index in [1.165, 1.54) is 11.8 Å². The zero-order valence-corrected chi connectivity index (χ0v) is 9.42. The van der Waals surface area contributed by atoms with Crippen molar-refractivity contribution in [2.75, 3.05) is 5.73 Å². The van der Waals surface area contributed by atoms with E-state index in [1.54, 1.807) is 0 Å². The summed E-state index contributed by atoms with van der Waals surface area (Å²) >= 11 is 1.18. The van der Waals surface area contributed by atoms with Crippen molar-refractivity contribution in [3.8, 4) is 0 Å². The summed E-state index contributed by atoms with van der Waals surface area (Å²) in [5.74, 6) is 0.0223. The van der Waals surface area contributed by atoms with Gasteiger partial charge >= 0.3 is 5.69 Å². The van der Waals surface area contributed by atoms with Crippen LogP contribution in [0.3, 0.4) is 0 Å². The molecule has 0 atom stereocenters. The monoisotopic (exact) mass is 248 g/mol. The van der Waals surface area contributed by atoms with Gasteiger partial charge in [-0.2, -0.15) is 4.98 Å². The minimum absolute atomic E-state index is 0.0223. The van der Waals surface area contributed by atoms with Crippen LogP contribution in [0.25, 0.3) is 0 Å². The Kier molecular flexibility index (Phi) is 3.20. The number of rotatable bonds is 3. The molecule has 0 saturated carbocycles. The van der Waals surface area contributed by atoms with Gasteiger partial charge in [0.15, 0.2) is 5.03 Å². The van der Waals surface area contributed by atoms with Crippen LogP contribution in [0.2, 0.25) is 0 Å². The number of anilines is 1. The van der Waals surface area contributed by atoms with Crippen molar-refractivity contribution >= 4 is 23.4 Å². The SMILES string of the molecule is Nc1ncc([N+](=O)[O-])c(Sc2ccccc2)n1. The molecule has 1 aromatic heterocycles. The summed E-state index contributed by atoms with van der Waals surface area (Å²) in [6, 6.07) is 9.24. The predicted molar refractivity (Wildman–Crippen MR) is 63.7 cm³/mol. The summed E-state index contributed by atoms with van der Waals surface area (Å²) in [6.07, 6.45) is 1.12. The fourth-order valence-electron chi connectivity index (χ4n) is 1.17. The lowest BCUT2D eigenvalue weighted by Crippen LogP contribution is -2.00. The van der Waals surface area contributed by atoms with Gasteiger partial charge < -0.3 is 5.73 Å². The van der Waals surface area contributed by atoms with Gasteiger partial charge in [0.05, 0.1) is 4.92 Å². The fourth-order valence-corrected chi connectivity index (χ4v) is 2.06. The second-order valence-electron chi connectivity index (χ2n) is 3.09. The Morgan fingerprint density at radius 3 is 2.65 bits per heavy atom. The molecule has 0 amide bonds. The third-order valence-electron chi connectivity index (χ3n) is 1.91. The molecule has 0 fully saturated rings. The first kappa shape index (κ1) is 11.3. The van der Waals surface area contributed by atoms with E-state index in [0.29, 0.717) is 0 Å². The number of benzene rings is 1. The maximum absolute atomic E-state index is 10.8. The van der Waals surface area contributed by atoms with Gasteiger partial charge in [0.2, 0.25) is 5.95 Å². The summed E-state index contributed by atoms with van der Waals surface area (Å²) in [6.45, 7) is 0. The zero-order chi connectivity index (χ0) is 12.3. The molecule has 2 rings (SSSR count). The van der Waals surface area contributed by atoms with Gasteiger partial charge in [0, 0.05) is 4.90 Å². The Morgan fingerprint density at radius 2 is 2.00 bits per heavy atom. The zero-order valence-electron chi connectivity index (χ0n) is 8.61. The van der Waals surface area contributed by atoms with E-state index in [-0.39, 0.29) is 16.7 Å². The van der Waals surface area contributed by atoms with Crippen molar-refractivity contribution in [3.05, 3.63) is 46.6 Å². The second-order valence-corrected chi connectivity index (χ2v) is 4.15. The van der Waals surface area contributed by atoms with E-state index < -0.39 is 4.92 Å². The molecule has 6 nitrogen and oxygen atoms in total. The quantitative estimate of drug-likeness (QED) is 0.508. The number of aromatic nitrogens is 2. The molecule has 0 bridgehead atoms. The summed E-state index contributed by atoms with van der Waals surface area (Å²) in [7, 11) is 0. The van der Waals surface area contributed by atoms with Crippen molar-refractivity contribution in [1.29, 1.82) is 0 Å². The van der Waals surface area contributed by atoms with Crippen molar-refractivity contribution in [3.63, 3.8) is 0 Å². The Bertz CT molecular complexity index is 547. The lowest BCUT2D eigenvalue weighted by Gasteiger charge is -2.02. The average Bonchev–Trinajstić information content (AvgIpc) is 2.30. The molecule has 0 aliphatic carbocycles. The van der Waals surface area contributed by atoms with Crippen molar-refractivity contribution in [2.24, 2.45) is 0 Å². The number of nitrogens with zero attached hydrogens (tertiary/aromatic N) is 3. The van der Waals surface area contributed by atoms with Gasteiger partial charge in [-0.25, -0.2) is 4.98 Å². The van der Waals surface area contributed by atoms with Crippen LogP contribution in [0.1, 0.15) is 0 Å². The van der Waals surface area contributed by atoms with Crippen LogP contribution in [0, 0.1) is 10.1 Å². The molecule has 86 valence electrons. The van der Waals surface area contributed by atoms with Crippen LogP contribution in [0.15, 0.2) is 46.5 Å². The second kappa shape index (κ2) is 4.79. The molecule has 0 radical (unpaired) electrons. The highest BCUT2D eigenvalue weighted by Crippen LogP contribution is 2.32. The third kappa shape index (κ3) is 2.70. The largest absolute Gasteiger partial charge is 0.368 e. The highest BCUT2D eigenvalue weighted by atomic mass is 32.2. The average molecular weight is 248 g/mol. The van der Waals surface area contributed by atoms with Crippen LogP contribution in [-0.2, 0) is 0 Å². The van der Waals surface area contributed by atoms with Gasteiger partial charge in [-0.1, -0.05) is 30.0 Å². The van der Waals surface area contributed by atoms with Gasteiger partial charge in [0.1, 0.15) is 6.20 Å². The number of nitrogens with two attached hydrogens (primary N) is 1. The lowest BCUT2D eigenvalue weighted by molar-refractivity contribution is -0.388. The molecular weight excluding hydrogens is 240 g/mol.